The minimum absolute atomic E-state index is 0.0832. The van der Waals surface area contributed by atoms with Crippen LogP contribution in [0.3, 0.4) is 0 Å². The summed E-state index contributed by atoms with van der Waals surface area (Å²) in [4.78, 5) is 32.3. The molecular weight excluding hydrogens is 585 g/mol. The molecule has 0 aliphatic heterocycles. The van der Waals surface area contributed by atoms with Crippen LogP contribution in [0.25, 0.3) is 10.2 Å². The molecule has 1 N–H and O–H groups in total. The van der Waals surface area contributed by atoms with Gasteiger partial charge in [0.05, 0.1) is 28.2 Å². The van der Waals surface area contributed by atoms with Crippen LogP contribution in [0, 0.1) is 0 Å². The Morgan fingerprint density at radius 2 is 1.85 bits per heavy atom. The lowest BCUT2D eigenvalue weighted by Gasteiger charge is -2.27. The average Bonchev–Trinajstić information content (AvgIpc) is 3.37. The number of nitrogens with one attached hydrogen (secondary N) is 1. The van der Waals surface area contributed by atoms with E-state index in [2.05, 4.69) is 10.3 Å². The molecule has 0 saturated carbocycles. The highest BCUT2D eigenvalue weighted by molar-refractivity contribution is 7.84. The number of pyridine rings is 1. The first kappa shape index (κ1) is 31.2. The van der Waals surface area contributed by atoms with Gasteiger partial charge in [0.2, 0.25) is 0 Å². The number of hydrogen-bond donors (Lipinski definition) is 1. The first-order chi connectivity index (χ1) is 18.0. The van der Waals surface area contributed by atoms with E-state index in [1.54, 1.807) is 66.0 Å². The van der Waals surface area contributed by atoms with Crippen LogP contribution in [0.1, 0.15) is 52.2 Å². The number of rotatable bonds is 8. The van der Waals surface area contributed by atoms with Crippen LogP contribution < -0.4 is 10.2 Å². The number of carbonyl (C=O) groups is 2. The van der Waals surface area contributed by atoms with E-state index in [0.29, 0.717) is 31.6 Å². The second-order valence-corrected chi connectivity index (χ2v) is 14.3. The predicted molar refractivity (Wildman–Crippen MR) is 157 cm³/mol. The zero-order chi connectivity index (χ0) is 29.1. The topological polar surface area (TPSA) is 111 Å². The van der Waals surface area contributed by atoms with E-state index in [0.717, 1.165) is 0 Å². The van der Waals surface area contributed by atoms with Crippen LogP contribution in [-0.2, 0) is 33.2 Å². The molecule has 2 atom stereocenters. The van der Waals surface area contributed by atoms with E-state index in [-0.39, 0.29) is 23.9 Å². The maximum absolute atomic E-state index is 13.3. The molecule has 214 valence electrons. The number of carbonyl (C=O) groups excluding carboxylic acids is 2. The monoisotopic (exact) mass is 617 g/mol. The Hall–Kier alpha value is -2.34. The second kappa shape index (κ2) is 12.4. The van der Waals surface area contributed by atoms with Gasteiger partial charge in [0.1, 0.15) is 27.6 Å². The summed E-state index contributed by atoms with van der Waals surface area (Å²) in [5.74, 6) is 0.727. The molecule has 3 rings (SSSR count). The van der Waals surface area contributed by atoms with Crippen molar-refractivity contribution in [2.75, 3.05) is 16.9 Å². The number of furan rings is 1. The lowest BCUT2D eigenvalue weighted by atomic mass is 10.2. The van der Waals surface area contributed by atoms with Gasteiger partial charge in [-0.15, -0.1) is 11.3 Å². The Morgan fingerprint density at radius 3 is 2.41 bits per heavy atom. The van der Waals surface area contributed by atoms with E-state index in [4.69, 9.17) is 37.1 Å². The van der Waals surface area contributed by atoms with Gasteiger partial charge in [0, 0.05) is 46.2 Å². The van der Waals surface area contributed by atoms with Crippen molar-refractivity contribution in [1.29, 1.82) is 0 Å². The molecule has 0 aromatic carbocycles. The van der Waals surface area contributed by atoms with Crippen LogP contribution >= 0.6 is 34.5 Å². The van der Waals surface area contributed by atoms with E-state index in [1.165, 1.54) is 22.5 Å². The molecule has 2 amide bonds. The molecule has 3 aromatic rings. The number of fused-ring (bicyclic) bond motifs is 1. The SMILES string of the molecule is CS(=O)C[C@@H](Cc1sc2c(N(Cc3ccco3)C(=O)OC(C)(C)C)cc(Cl)nc2c1Cl)NC(=O)OC(C)(C)C. The van der Waals surface area contributed by atoms with Crippen molar-refractivity contribution in [3.63, 3.8) is 0 Å². The van der Waals surface area contributed by atoms with Crippen LogP contribution in [0.15, 0.2) is 28.9 Å². The molecular formula is C26H33Cl2N3O6S2. The Labute approximate surface area is 244 Å². The van der Waals surface area contributed by atoms with Crippen molar-refractivity contribution in [3.8, 4) is 0 Å². The van der Waals surface area contributed by atoms with Crippen molar-refractivity contribution < 1.29 is 27.7 Å². The highest BCUT2D eigenvalue weighted by Gasteiger charge is 2.29. The van der Waals surface area contributed by atoms with Crippen molar-refractivity contribution in [2.45, 2.75) is 71.8 Å². The average molecular weight is 619 g/mol. The maximum atomic E-state index is 13.3. The number of alkyl carbamates (subject to hydrolysis) is 1. The lowest BCUT2D eigenvalue weighted by molar-refractivity contribution is 0.0507. The summed E-state index contributed by atoms with van der Waals surface area (Å²) in [6.45, 7) is 10.7. The number of ether oxygens (including phenoxy) is 2. The van der Waals surface area contributed by atoms with Gasteiger partial charge in [0.15, 0.2) is 0 Å². The maximum Gasteiger partial charge on any atom is 0.415 e. The third-order valence-corrected chi connectivity index (χ3v) is 7.80. The molecule has 0 fully saturated rings. The number of anilines is 1. The predicted octanol–water partition coefficient (Wildman–Crippen LogP) is 6.95. The van der Waals surface area contributed by atoms with Crippen LogP contribution in [0.2, 0.25) is 10.2 Å². The van der Waals surface area contributed by atoms with Gasteiger partial charge in [-0.2, -0.15) is 0 Å². The summed E-state index contributed by atoms with van der Waals surface area (Å²) in [6, 6.07) is 4.53. The third-order valence-electron chi connectivity index (χ3n) is 4.99. The number of thiophene rings is 1. The summed E-state index contributed by atoms with van der Waals surface area (Å²) in [6.07, 6.45) is 2.13. The highest BCUT2D eigenvalue weighted by atomic mass is 35.5. The second-order valence-electron chi connectivity index (χ2n) is 10.9. The number of amides is 2. The van der Waals surface area contributed by atoms with Crippen molar-refractivity contribution >= 4 is 73.4 Å². The molecule has 0 aliphatic carbocycles. The zero-order valence-corrected chi connectivity index (χ0v) is 26.1. The standard InChI is InChI=1S/C26H33Cl2N3O6S2/c1-25(2,3)36-23(32)29-15(14-39(7)34)11-18-20(28)21-22(38-18)17(12-19(27)30-21)31(13-16-9-8-10-35-16)24(33)37-26(4,5)6/h8-10,12,15H,11,13-14H2,1-7H3,(H,29,32)/t15-,39?/m1/s1. The van der Waals surface area contributed by atoms with Gasteiger partial charge in [-0.1, -0.05) is 23.2 Å². The van der Waals surface area contributed by atoms with E-state index < -0.39 is 40.2 Å². The fourth-order valence-corrected chi connectivity index (χ4v) is 6.20. The lowest BCUT2D eigenvalue weighted by Crippen LogP contribution is -2.42. The van der Waals surface area contributed by atoms with E-state index in [1.807, 2.05) is 0 Å². The fraction of sp³-hybridized carbons (Fsp3) is 0.500. The molecule has 9 nitrogen and oxygen atoms in total. The molecule has 0 spiro atoms. The molecule has 0 saturated heterocycles. The molecule has 3 heterocycles. The highest BCUT2D eigenvalue weighted by Crippen LogP contribution is 2.42. The van der Waals surface area contributed by atoms with E-state index in [9.17, 15) is 13.8 Å². The molecule has 39 heavy (non-hydrogen) atoms. The normalized spacial score (nSPS) is 13.7. The molecule has 3 aromatic heterocycles. The zero-order valence-electron chi connectivity index (χ0n) is 22.9. The first-order valence-corrected chi connectivity index (χ1v) is 15.4. The number of halogens is 2. The summed E-state index contributed by atoms with van der Waals surface area (Å²) >= 11 is 14.5. The Bertz CT molecular complexity index is 1350. The van der Waals surface area contributed by atoms with Crippen LogP contribution in [0.4, 0.5) is 15.3 Å². The van der Waals surface area contributed by atoms with Crippen LogP contribution in [0.5, 0.6) is 0 Å². The Balaban J connectivity index is 2.04. The van der Waals surface area contributed by atoms with Crippen LogP contribution in [-0.4, -0.2) is 50.6 Å². The van der Waals surface area contributed by atoms with Gasteiger partial charge in [0.25, 0.3) is 0 Å². The van der Waals surface area contributed by atoms with Gasteiger partial charge in [-0.05, 0) is 53.7 Å². The molecule has 13 heteroatoms. The summed E-state index contributed by atoms with van der Waals surface area (Å²) in [7, 11) is -1.21. The minimum atomic E-state index is -1.21. The molecule has 0 bridgehead atoms. The van der Waals surface area contributed by atoms with Crippen molar-refractivity contribution in [2.24, 2.45) is 0 Å². The number of aromatic nitrogens is 1. The number of nitrogens with zero attached hydrogens (tertiary/aromatic N) is 2. The molecule has 0 radical (unpaired) electrons. The summed E-state index contributed by atoms with van der Waals surface area (Å²) in [5.41, 5.74) is -0.585. The van der Waals surface area contributed by atoms with Crippen molar-refractivity contribution in [3.05, 3.63) is 45.3 Å². The molecule has 0 aliphatic rings. The largest absolute Gasteiger partial charge is 0.467 e. The first-order valence-electron chi connectivity index (χ1n) is 12.1. The van der Waals surface area contributed by atoms with Gasteiger partial charge < -0.3 is 19.2 Å². The molecule has 1 unspecified atom stereocenters. The smallest absolute Gasteiger partial charge is 0.415 e. The van der Waals surface area contributed by atoms with Gasteiger partial charge in [-0.3, -0.25) is 9.11 Å². The Kier molecular flexibility index (Phi) is 9.96. The fourth-order valence-electron chi connectivity index (χ4n) is 3.63. The van der Waals surface area contributed by atoms with Gasteiger partial charge in [-0.25, -0.2) is 14.6 Å². The quantitative estimate of drug-likeness (QED) is 0.272. The van der Waals surface area contributed by atoms with Gasteiger partial charge >= 0.3 is 12.2 Å². The summed E-state index contributed by atoms with van der Waals surface area (Å²) < 4.78 is 29.3. The Morgan fingerprint density at radius 1 is 1.18 bits per heavy atom. The summed E-state index contributed by atoms with van der Waals surface area (Å²) in [5, 5.41) is 3.26. The van der Waals surface area contributed by atoms with E-state index >= 15 is 0 Å². The van der Waals surface area contributed by atoms with Crippen molar-refractivity contribution in [1.82, 2.24) is 10.3 Å². The minimum Gasteiger partial charge on any atom is -0.467 e. The number of hydrogen-bond acceptors (Lipinski definition) is 8. The third kappa shape index (κ3) is 9.09.